The summed E-state index contributed by atoms with van der Waals surface area (Å²) in [5.41, 5.74) is 2.79. The molecule has 1 fully saturated rings. The molecule has 0 aliphatic carbocycles. The number of nitrogens with zero attached hydrogens (tertiary/aromatic N) is 1. The van der Waals surface area contributed by atoms with Crippen LogP contribution < -0.4 is 9.47 Å². The Bertz CT molecular complexity index is 741. The number of benzene rings is 2. The van der Waals surface area contributed by atoms with Crippen molar-refractivity contribution in [1.82, 2.24) is 4.90 Å². The van der Waals surface area contributed by atoms with E-state index < -0.39 is 6.10 Å². The molecule has 1 saturated heterocycles. The lowest BCUT2D eigenvalue weighted by Crippen LogP contribution is -2.36. The van der Waals surface area contributed by atoms with Crippen molar-refractivity contribution in [2.45, 2.75) is 38.4 Å². The minimum Gasteiger partial charge on any atom is -0.497 e. The van der Waals surface area contributed by atoms with E-state index >= 15 is 0 Å². The molecule has 0 aromatic heterocycles. The molecule has 0 spiro atoms. The van der Waals surface area contributed by atoms with Gasteiger partial charge in [-0.3, -0.25) is 0 Å². The molecule has 0 bridgehead atoms. The van der Waals surface area contributed by atoms with E-state index in [0.29, 0.717) is 18.0 Å². The first-order chi connectivity index (χ1) is 13.7. The minimum absolute atomic E-state index is 0.00383. The van der Waals surface area contributed by atoms with Crippen molar-refractivity contribution in [2.24, 2.45) is 0 Å². The normalized spacial score (nSPS) is 16.4. The van der Waals surface area contributed by atoms with Crippen LogP contribution in [-0.2, 0) is 6.61 Å². The molecule has 2 aromatic carbocycles. The van der Waals surface area contributed by atoms with E-state index in [1.165, 1.54) is 25.7 Å². The largest absolute Gasteiger partial charge is 0.497 e. The van der Waals surface area contributed by atoms with Crippen molar-refractivity contribution < 1.29 is 19.7 Å². The maximum Gasteiger partial charge on any atom is 0.123 e. The number of ether oxygens (including phenoxy) is 2. The van der Waals surface area contributed by atoms with Gasteiger partial charge in [0.2, 0.25) is 0 Å². The van der Waals surface area contributed by atoms with Gasteiger partial charge < -0.3 is 24.6 Å². The summed E-state index contributed by atoms with van der Waals surface area (Å²) in [6.07, 6.45) is 4.46. The second-order valence-corrected chi connectivity index (χ2v) is 7.44. The third-order valence-electron chi connectivity index (χ3n) is 5.17. The van der Waals surface area contributed by atoms with E-state index in [1.54, 1.807) is 7.11 Å². The van der Waals surface area contributed by atoms with Crippen LogP contribution >= 0.6 is 0 Å². The molecule has 5 heteroatoms. The average Bonchev–Trinajstić information content (AvgIpc) is 3.00. The van der Waals surface area contributed by atoms with E-state index in [1.807, 2.05) is 42.5 Å². The van der Waals surface area contributed by atoms with E-state index in [9.17, 15) is 10.2 Å². The molecule has 1 aliphatic rings. The van der Waals surface area contributed by atoms with Crippen LogP contribution in [0, 0.1) is 0 Å². The zero-order valence-electron chi connectivity index (χ0n) is 16.6. The SMILES string of the molecule is COc1cc(OCC(O)CN2CCCCCC2)cc(-c2cccc(CO)c2)c1. The Kier molecular flexibility index (Phi) is 7.71. The summed E-state index contributed by atoms with van der Waals surface area (Å²) >= 11 is 0. The predicted octanol–water partition coefficient (Wildman–Crippen LogP) is 3.47. The Morgan fingerprint density at radius 3 is 2.43 bits per heavy atom. The third-order valence-corrected chi connectivity index (χ3v) is 5.17. The first-order valence-corrected chi connectivity index (χ1v) is 10.1. The number of β-amino-alcohol motifs (C(OH)–C–C–N with tert-alkyl or cyclic N) is 1. The number of hydrogen-bond acceptors (Lipinski definition) is 5. The van der Waals surface area contributed by atoms with Crippen molar-refractivity contribution in [1.29, 1.82) is 0 Å². The standard InChI is InChI=1S/C23H31NO4/c1-27-22-12-20(19-8-6-7-18(11-19)16-25)13-23(14-22)28-17-21(26)15-24-9-4-2-3-5-10-24/h6-8,11-14,21,25-26H,2-5,9-10,15-17H2,1H3. The molecule has 152 valence electrons. The van der Waals surface area contributed by atoms with Crippen molar-refractivity contribution in [3.8, 4) is 22.6 Å². The second-order valence-electron chi connectivity index (χ2n) is 7.44. The highest BCUT2D eigenvalue weighted by Crippen LogP contribution is 2.30. The number of methoxy groups -OCH3 is 1. The van der Waals surface area contributed by atoms with Gasteiger partial charge in [-0.05, 0) is 60.8 Å². The lowest BCUT2D eigenvalue weighted by molar-refractivity contribution is 0.0693. The molecule has 2 aromatic rings. The van der Waals surface area contributed by atoms with E-state index in [4.69, 9.17) is 9.47 Å². The van der Waals surface area contributed by atoms with Crippen LogP contribution in [0.25, 0.3) is 11.1 Å². The molecule has 1 unspecified atom stereocenters. The van der Waals surface area contributed by atoms with E-state index in [2.05, 4.69) is 4.90 Å². The Morgan fingerprint density at radius 1 is 0.964 bits per heavy atom. The van der Waals surface area contributed by atoms with Crippen molar-refractivity contribution >= 4 is 0 Å². The molecule has 1 heterocycles. The zero-order chi connectivity index (χ0) is 19.8. The molecule has 3 rings (SSSR count). The molecule has 2 N–H and O–H groups in total. The van der Waals surface area contributed by atoms with Crippen LogP contribution in [0.2, 0.25) is 0 Å². The molecule has 1 aliphatic heterocycles. The fraction of sp³-hybridized carbons (Fsp3) is 0.478. The van der Waals surface area contributed by atoms with Crippen LogP contribution in [0.1, 0.15) is 31.2 Å². The van der Waals surface area contributed by atoms with Crippen molar-refractivity contribution in [3.05, 3.63) is 48.0 Å². The third kappa shape index (κ3) is 5.96. The van der Waals surface area contributed by atoms with Gasteiger partial charge in [0.25, 0.3) is 0 Å². The Labute approximate surface area is 167 Å². The Balaban J connectivity index is 1.65. The average molecular weight is 386 g/mol. The van der Waals surface area contributed by atoms with Crippen LogP contribution in [0.15, 0.2) is 42.5 Å². The van der Waals surface area contributed by atoms with Crippen LogP contribution in [-0.4, -0.2) is 54.6 Å². The highest BCUT2D eigenvalue weighted by molar-refractivity contribution is 5.68. The van der Waals surface area contributed by atoms with Crippen LogP contribution in [0.4, 0.5) is 0 Å². The lowest BCUT2D eigenvalue weighted by atomic mass is 10.0. The highest BCUT2D eigenvalue weighted by atomic mass is 16.5. The van der Waals surface area contributed by atoms with Gasteiger partial charge in [0.15, 0.2) is 0 Å². The first kappa shape index (κ1) is 20.6. The highest BCUT2D eigenvalue weighted by Gasteiger charge is 2.15. The summed E-state index contributed by atoms with van der Waals surface area (Å²) in [4.78, 5) is 2.33. The van der Waals surface area contributed by atoms with Gasteiger partial charge in [0.05, 0.1) is 13.7 Å². The van der Waals surface area contributed by atoms with Gasteiger partial charge in [-0.2, -0.15) is 0 Å². The van der Waals surface area contributed by atoms with Gasteiger partial charge in [-0.1, -0.05) is 31.0 Å². The molecule has 0 amide bonds. The second kappa shape index (κ2) is 10.5. The van der Waals surface area contributed by atoms with E-state index in [-0.39, 0.29) is 13.2 Å². The Hall–Kier alpha value is -2.08. The van der Waals surface area contributed by atoms with Gasteiger partial charge in [0, 0.05) is 12.6 Å². The topological polar surface area (TPSA) is 62.2 Å². The fourth-order valence-corrected chi connectivity index (χ4v) is 3.65. The smallest absolute Gasteiger partial charge is 0.123 e. The fourth-order valence-electron chi connectivity index (χ4n) is 3.65. The van der Waals surface area contributed by atoms with Gasteiger partial charge >= 0.3 is 0 Å². The monoisotopic (exact) mass is 385 g/mol. The molecular formula is C23H31NO4. The van der Waals surface area contributed by atoms with Gasteiger partial charge in [0.1, 0.15) is 24.2 Å². The summed E-state index contributed by atoms with van der Waals surface area (Å²) in [5.74, 6) is 1.36. The number of aliphatic hydroxyl groups excluding tert-OH is 2. The zero-order valence-corrected chi connectivity index (χ0v) is 16.6. The Morgan fingerprint density at radius 2 is 1.71 bits per heavy atom. The quantitative estimate of drug-likeness (QED) is 0.729. The maximum absolute atomic E-state index is 10.4. The number of rotatable bonds is 8. The van der Waals surface area contributed by atoms with Crippen molar-refractivity contribution in [2.75, 3.05) is 33.4 Å². The van der Waals surface area contributed by atoms with Crippen molar-refractivity contribution in [3.63, 3.8) is 0 Å². The summed E-state index contributed by atoms with van der Waals surface area (Å²) in [7, 11) is 1.63. The summed E-state index contributed by atoms with van der Waals surface area (Å²) in [5, 5.41) is 19.8. The van der Waals surface area contributed by atoms with E-state index in [0.717, 1.165) is 29.8 Å². The molecule has 1 atom stereocenters. The van der Waals surface area contributed by atoms with Gasteiger partial charge in [-0.25, -0.2) is 0 Å². The minimum atomic E-state index is -0.523. The number of likely N-dealkylation sites (tertiary alicyclic amines) is 1. The summed E-state index contributed by atoms with van der Waals surface area (Å²) < 4.78 is 11.3. The predicted molar refractivity (Wildman–Crippen MR) is 111 cm³/mol. The number of hydrogen-bond donors (Lipinski definition) is 2. The molecule has 5 nitrogen and oxygen atoms in total. The lowest BCUT2D eigenvalue weighted by Gasteiger charge is -2.23. The van der Waals surface area contributed by atoms with Crippen LogP contribution in [0.5, 0.6) is 11.5 Å². The van der Waals surface area contributed by atoms with Crippen LogP contribution in [0.3, 0.4) is 0 Å². The van der Waals surface area contributed by atoms with Gasteiger partial charge in [-0.15, -0.1) is 0 Å². The molecule has 28 heavy (non-hydrogen) atoms. The molecular weight excluding hydrogens is 354 g/mol. The number of aliphatic hydroxyl groups is 2. The molecule has 0 radical (unpaired) electrons. The maximum atomic E-state index is 10.4. The summed E-state index contributed by atoms with van der Waals surface area (Å²) in [6.45, 7) is 3.02. The first-order valence-electron chi connectivity index (χ1n) is 10.1. The molecule has 0 saturated carbocycles. The summed E-state index contributed by atoms with van der Waals surface area (Å²) in [6, 6.07) is 13.5.